The van der Waals surface area contributed by atoms with Crippen LogP contribution in [0.5, 0.6) is 0 Å². The first kappa shape index (κ1) is 11.9. The van der Waals surface area contributed by atoms with E-state index in [0.29, 0.717) is 0 Å². The smallest absolute Gasteiger partial charge is 0.323 e. The number of carbonyl (C=O) groups excluding carboxylic acids is 1. The molecule has 5 heteroatoms. The lowest BCUT2D eigenvalue weighted by Gasteiger charge is -2.38. The molecule has 1 fully saturated rings. The average Bonchev–Trinajstić information content (AvgIpc) is 2.62. The molecule has 1 aliphatic rings. The zero-order valence-electron chi connectivity index (χ0n) is 9.11. The van der Waals surface area contributed by atoms with E-state index in [1.54, 1.807) is 11.3 Å². The number of hydrogen-bond donors (Lipinski definition) is 0. The minimum atomic E-state index is -0.115. The minimum absolute atomic E-state index is 0.0274. The summed E-state index contributed by atoms with van der Waals surface area (Å²) < 4.78 is 5.56. The van der Waals surface area contributed by atoms with E-state index in [9.17, 15) is 4.79 Å². The first-order chi connectivity index (χ1) is 7.70. The molecule has 0 aromatic carbocycles. The van der Waals surface area contributed by atoms with Crippen LogP contribution in [-0.4, -0.2) is 37.1 Å². The molecule has 0 bridgehead atoms. The molecule has 1 aromatic heterocycles. The highest BCUT2D eigenvalue weighted by atomic mass is 35.5. The maximum Gasteiger partial charge on any atom is 0.323 e. The molecule has 0 spiro atoms. The van der Waals surface area contributed by atoms with Crippen molar-refractivity contribution < 1.29 is 9.53 Å². The van der Waals surface area contributed by atoms with Crippen molar-refractivity contribution in [3.63, 3.8) is 0 Å². The Hall–Kier alpha value is -0.580. The molecule has 0 aliphatic carbocycles. The van der Waals surface area contributed by atoms with Crippen molar-refractivity contribution in [2.45, 2.75) is 18.9 Å². The molecular weight excluding hydrogens is 246 g/mol. The molecule has 0 amide bonds. The number of methoxy groups -OCH3 is 1. The fourth-order valence-electron chi connectivity index (χ4n) is 1.85. The summed E-state index contributed by atoms with van der Waals surface area (Å²) in [6.07, 6.45) is 1.86. The molecule has 3 nitrogen and oxygen atoms in total. The quantitative estimate of drug-likeness (QED) is 0.777. The standard InChI is InChI=1S/C11H14ClNO2S/c1-15-11(14)9-5-7-13(9)6-4-8-2-3-10(12)16-8/h2-3,9H,4-7H2,1H3. The normalized spacial score (nSPS) is 20.5. The van der Waals surface area contributed by atoms with Gasteiger partial charge in [-0.05, 0) is 25.0 Å². The fourth-order valence-corrected chi connectivity index (χ4v) is 2.93. The van der Waals surface area contributed by atoms with Crippen LogP contribution in [0.2, 0.25) is 4.34 Å². The van der Waals surface area contributed by atoms with E-state index in [0.717, 1.165) is 30.3 Å². The van der Waals surface area contributed by atoms with Crippen LogP contribution in [0, 0.1) is 0 Å². The third-order valence-electron chi connectivity index (χ3n) is 2.88. The Morgan fingerprint density at radius 1 is 1.69 bits per heavy atom. The van der Waals surface area contributed by atoms with E-state index >= 15 is 0 Å². The number of esters is 1. The number of thiophene rings is 1. The van der Waals surface area contributed by atoms with Crippen LogP contribution in [0.25, 0.3) is 0 Å². The van der Waals surface area contributed by atoms with Gasteiger partial charge in [0.05, 0.1) is 11.4 Å². The largest absolute Gasteiger partial charge is 0.468 e. The van der Waals surface area contributed by atoms with Gasteiger partial charge in [0.25, 0.3) is 0 Å². The second-order valence-corrected chi connectivity index (χ2v) is 5.62. The van der Waals surface area contributed by atoms with Gasteiger partial charge in [0.15, 0.2) is 0 Å². The van der Waals surface area contributed by atoms with Crippen molar-refractivity contribution in [1.82, 2.24) is 4.90 Å². The van der Waals surface area contributed by atoms with Crippen LogP contribution in [0.1, 0.15) is 11.3 Å². The van der Waals surface area contributed by atoms with Crippen molar-refractivity contribution in [2.24, 2.45) is 0 Å². The van der Waals surface area contributed by atoms with Gasteiger partial charge in [-0.1, -0.05) is 11.6 Å². The third kappa shape index (κ3) is 2.56. The van der Waals surface area contributed by atoms with Gasteiger partial charge in [-0.3, -0.25) is 9.69 Å². The van der Waals surface area contributed by atoms with Crippen molar-refractivity contribution in [1.29, 1.82) is 0 Å². The lowest BCUT2D eigenvalue weighted by Crippen LogP contribution is -2.53. The highest BCUT2D eigenvalue weighted by molar-refractivity contribution is 7.16. The van der Waals surface area contributed by atoms with Gasteiger partial charge < -0.3 is 4.74 Å². The molecule has 1 saturated heterocycles. The SMILES string of the molecule is COC(=O)C1CCN1CCc1ccc(Cl)s1. The van der Waals surface area contributed by atoms with Gasteiger partial charge >= 0.3 is 5.97 Å². The first-order valence-electron chi connectivity index (χ1n) is 5.27. The molecule has 2 rings (SSSR count). The Bertz CT molecular complexity index is 380. The molecule has 1 unspecified atom stereocenters. The molecule has 0 N–H and O–H groups in total. The van der Waals surface area contributed by atoms with Gasteiger partial charge in [-0.25, -0.2) is 0 Å². The summed E-state index contributed by atoms with van der Waals surface area (Å²) in [7, 11) is 1.44. The van der Waals surface area contributed by atoms with Gasteiger partial charge in [0.2, 0.25) is 0 Å². The minimum Gasteiger partial charge on any atom is -0.468 e. The summed E-state index contributed by atoms with van der Waals surface area (Å²) in [6, 6.07) is 3.93. The lowest BCUT2D eigenvalue weighted by atomic mass is 10.0. The second kappa shape index (κ2) is 5.17. The van der Waals surface area contributed by atoms with E-state index < -0.39 is 0 Å². The van der Waals surface area contributed by atoms with Crippen LogP contribution < -0.4 is 0 Å². The van der Waals surface area contributed by atoms with Crippen LogP contribution in [-0.2, 0) is 16.0 Å². The van der Waals surface area contributed by atoms with E-state index in [1.807, 2.05) is 12.1 Å². The molecule has 0 radical (unpaired) electrons. The zero-order valence-corrected chi connectivity index (χ0v) is 10.7. The highest BCUT2D eigenvalue weighted by Gasteiger charge is 2.34. The Labute approximate surface area is 104 Å². The predicted octanol–water partition coefficient (Wildman–Crippen LogP) is 2.19. The van der Waals surface area contributed by atoms with Crippen molar-refractivity contribution in [2.75, 3.05) is 20.2 Å². The molecular formula is C11H14ClNO2S. The summed E-state index contributed by atoms with van der Waals surface area (Å²) in [6.45, 7) is 1.88. The van der Waals surface area contributed by atoms with Crippen LogP contribution in [0.3, 0.4) is 0 Å². The zero-order chi connectivity index (χ0) is 11.5. The lowest BCUT2D eigenvalue weighted by molar-refractivity contribution is -0.151. The molecule has 16 heavy (non-hydrogen) atoms. The summed E-state index contributed by atoms with van der Waals surface area (Å²) in [5.74, 6) is -0.115. The Kier molecular flexibility index (Phi) is 3.84. The van der Waals surface area contributed by atoms with E-state index in [-0.39, 0.29) is 12.0 Å². The van der Waals surface area contributed by atoms with Gasteiger partial charge in [0, 0.05) is 18.0 Å². The first-order valence-corrected chi connectivity index (χ1v) is 6.46. The van der Waals surface area contributed by atoms with Crippen LogP contribution in [0.4, 0.5) is 0 Å². The number of ether oxygens (including phenoxy) is 1. The molecule has 1 atom stereocenters. The van der Waals surface area contributed by atoms with Gasteiger partial charge in [-0.2, -0.15) is 0 Å². The number of carbonyl (C=O) groups is 1. The highest BCUT2D eigenvalue weighted by Crippen LogP contribution is 2.24. The predicted molar refractivity (Wildman–Crippen MR) is 65.0 cm³/mol. The van der Waals surface area contributed by atoms with E-state index in [2.05, 4.69) is 4.90 Å². The number of likely N-dealkylation sites (tertiary alicyclic amines) is 1. The molecule has 88 valence electrons. The molecule has 0 saturated carbocycles. The van der Waals surface area contributed by atoms with Crippen LogP contribution >= 0.6 is 22.9 Å². The maximum absolute atomic E-state index is 11.3. The summed E-state index contributed by atoms with van der Waals surface area (Å²) in [5, 5.41) is 0. The average molecular weight is 260 g/mol. The van der Waals surface area contributed by atoms with Crippen LogP contribution in [0.15, 0.2) is 12.1 Å². The molecule has 2 heterocycles. The summed E-state index contributed by atoms with van der Waals surface area (Å²) >= 11 is 7.46. The monoisotopic (exact) mass is 259 g/mol. The van der Waals surface area contributed by atoms with E-state index in [4.69, 9.17) is 16.3 Å². The van der Waals surface area contributed by atoms with Crippen molar-refractivity contribution >= 4 is 28.9 Å². The number of hydrogen-bond acceptors (Lipinski definition) is 4. The Morgan fingerprint density at radius 3 is 3.00 bits per heavy atom. The van der Waals surface area contributed by atoms with Gasteiger partial charge in [0.1, 0.15) is 6.04 Å². The Balaban J connectivity index is 1.80. The molecule has 1 aliphatic heterocycles. The topological polar surface area (TPSA) is 29.5 Å². The van der Waals surface area contributed by atoms with Gasteiger partial charge in [-0.15, -0.1) is 11.3 Å². The summed E-state index contributed by atoms with van der Waals surface area (Å²) in [5.41, 5.74) is 0. The molecule has 1 aromatic rings. The number of halogens is 1. The maximum atomic E-state index is 11.3. The van der Waals surface area contributed by atoms with E-state index in [1.165, 1.54) is 12.0 Å². The number of rotatable bonds is 4. The second-order valence-electron chi connectivity index (χ2n) is 3.82. The number of nitrogens with zero attached hydrogens (tertiary/aromatic N) is 1. The van der Waals surface area contributed by atoms with Crippen molar-refractivity contribution in [3.8, 4) is 0 Å². The third-order valence-corrected chi connectivity index (χ3v) is 4.17. The fraction of sp³-hybridized carbons (Fsp3) is 0.545. The van der Waals surface area contributed by atoms with Crippen molar-refractivity contribution in [3.05, 3.63) is 21.3 Å². The summed E-state index contributed by atoms with van der Waals surface area (Å²) in [4.78, 5) is 14.8. The Morgan fingerprint density at radius 2 is 2.50 bits per heavy atom.